The summed E-state index contributed by atoms with van der Waals surface area (Å²) in [5.74, 6) is -8.64. The average molecular weight is 632 g/mol. The van der Waals surface area contributed by atoms with Crippen LogP contribution < -0.4 is 21.7 Å². The maximum absolute atomic E-state index is 14.1. The van der Waals surface area contributed by atoms with E-state index >= 15 is 0 Å². The fraction of sp³-hybridized carbons (Fsp3) is 0.625. The van der Waals surface area contributed by atoms with E-state index in [-0.39, 0.29) is 29.6 Å². The van der Waals surface area contributed by atoms with Gasteiger partial charge in [-0.25, -0.2) is 13.6 Å². The minimum Gasteiger partial charge on any atom is -0.363 e. The zero-order chi connectivity index (χ0) is 33.6. The Labute approximate surface area is 261 Å². The van der Waals surface area contributed by atoms with Crippen molar-refractivity contribution in [3.8, 4) is 0 Å². The smallest absolute Gasteiger partial charge is 0.316 e. The van der Waals surface area contributed by atoms with Crippen molar-refractivity contribution >= 4 is 35.3 Å². The maximum atomic E-state index is 14.1. The van der Waals surface area contributed by atoms with Gasteiger partial charge in [0, 0.05) is 24.4 Å². The van der Waals surface area contributed by atoms with E-state index in [0.717, 1.165) is 0 Å². The van der Waals surface area contributed by atoms with Crippen molar-refractivity contribution in [1.29, 1.82) is 0 Å². The summed E-state index contributed by atoms with van der Waals surface area (Å²) in [6.45, 7) is 11.1. The number of piperidine rings is 1. The van der Waals surface area contributed by atoms with E-state index in [9.17, 15) is 37.5 Å². The number of urea groups is 1. The lowest BCUT2D eigenvalue weighted by atomic mass is 9.85. The van der Waals surface area contributed by atoms with Gasteiger partial charge in [-0.05, 0) is 35.5 Å². The zero-order valence-corrected chi connectivity index (χ0v) is 26.5. The van der Waals surface area contributed by atoms with Crippen molar-refractivity contribution in [2.24, 2.45) is 34.3 Å². The van der Waals surface area contributed by atoms with Gasteiger partial charge in [0.1, 0.15) is 12.1 Å². The highest BCUT2D eigenvalue weighted by molar-refractivity contribution is 6.37. The van der Waals surface area contributed by atoms with Crippen LogP contribution in [0.2, 0.25) is 0 Å². The van der Waals surface area contributed by atoms with E-state index < -0.39 is 83.8 Å². The number of carbonyl (C=O) groups excluding carboxylic acids is 6. The highest BCUT2D eigenvalue weighted by Crippen LogP contribution is 2.65. The Morgan fingerprint density at radius 2 is 1.60 bits per heavy atom. The summed E-state index contributed by atoms with van der Waals surface area (Å²) in [5, 5.41) is 7.83. The Balaban J connectivity index is 1.52. The zero-order valence-electron chi connectivity index (χ0n) is 26.5. The average Bonchev–Trinajstić information content (AvgIpc) is 3.62. The molecule has 0 bridgehead atoms. The summed E-state index contributed by atoms with van der Waals surface area (Å²) in [7, 11) is 0. The summed E-state index contributed by atoms with van der Waals surface area (Å²) in [4.78, 5) is 79.6. The lowest BCUT2D eigenvalue weighted by Gasteiger charge is -2.38. The second-order valence-corrected chi connectivity index (χ2v) is 14.2. The number of hydrogen-bond acceptors (Lipinski definition) is 6. The third kappa shape index (κ3) is 7.01. The number of likely N-dealkylation sites (tertiary alicyclic amines) is 1. The number of fused-ring (bicyclic) bond motifs is 1. The second kappa shape index (κ2) is 12.1. The van der Waals surface area contributed by atoms with E-state index in [4.69, 9.17) is 5.73 Å². The molecule has 3 fully saturated rings. The molecule has 1 saturated heterocycles. The van der Waals surface area contributed by atoms with Gasteiger partial charge in [0.25, 0.3) is 11.8 Å². The number of amides is 5. The van der Waals surface area contributed by atoms with Gasteiger partial charge < -0.3 is 26.6 Å². The van der Waals surface area contributed by atoms with Crippen molar-refractivity contribution in [1.82, 2.24) is 20.9 Å². The summed E-state index contributed by atoms with van der Waals surface area (Å²) in [5.41, 5.74) is 4.44. The maximum Gasteiger partial charge on any atom is 0.316 e. The summed E-state index contributed by atoms with van der Waals surface area (Å²) in [6.07, 6.45) is -0.612. The molecule has 4 rings (SSSR count). The van der Waals surface area contributed by atoms with Crippen LogP contribution >= 0.6 is 0 Å². The first-order valence-electron chi connectivity index (χ1n) is 15.3. The number of Topliss-reactive ketones (excluding diaryl/α,β-unsaturated/α-hetero) is 2. The molecule has 1 heterocycles. The molecule has 5 amide bonds. The summed E-state index contributed by atoms with van der Waals surface area (Å²) in [6, 6.07) is 3.18. The van der Waals surface area contributed by atoms with Crippen LogP contribution in [0.15, 0.2) is 30.3 Å². The molecule has 3 aliphatic rings. The van der Waals surface area contributed by atoms with E-state index in [1.165, 1.54) is 4.90 Å². The van der Waals surface area contributed by atoms with Crippen molar-refractivity contribution < 1.29 is 37.5 Å². The third-order valence-corrected chi connectivity index (χ3v) is 9.59. The molecule has 7 atom stereocenters. The highest BCUT2D eigenvalue weighted by Gasteiger charge is 2.70. The minimum absolute atomic E-state index is 0.0577. The Bertz CT molecular complexity index is 1380. The van der Waals surface area contributed by atoms with Gasteiger partial charge in [0.05, 0.1) is 12.1 Å². The quantitative estimate of drug-likeness (QED) is 0.204. The number of halogens is 2. The summed E-state index contributed by atoms with van der Waals surface area (Å²) >= 11 is 0. The van der Waals surface area contributed by atoms with Crippen LogP contribution in [0.25, 0.3) is 0 Å². The van der Waals surface area contributed by atoms with Gasteiger partial charge in [-0.15, -0.1) is 0 Å². The number of hydrogen-bond donors (Lipinski definition) is 4. The SMILES string of the molecule is CC[C@H](NC(=O)N[C@H](C(=O)N1C[C@H]2[C@@H]([C@H]1C(=O)NC(CC1CC1(F)F)C(=O)C(N)=O)C2(C)C)C(C)(C)C)C(=O)c1ccccc1. The number of nitrogens with one attached hydrogen (secondary N) is 3. The molecule has 1 aromatic rings. The molecule has 5 N–H and O–H groups in total. The number of rotatable bonds is 12. The molecule has 2 saturated carbocycles. The number of primary amides is 1. The van der Waals surface area contributed by atoms with Crippen LogP contribution in [0, 0.1) is 28.6 Å². The lowest BCUT2D eigenvalue weighted by molar-refractivity contribution is -0.145. The van der Waals surface area contributed by atoms with Gasteiger partial charge in [0.15, 0.2) is 5.78 Å². The molecule has 13 heteroatoms. The Morgan fingerprint density at radius 3 is 2.11 bits per heavy atom. The molecule has 0 aromatic heterocycles. The molecule has 246 valence electrons. The monoisotopic (exact) mass is 631 g/mol. The van der Waals surface area contributed by atoms with Crippen LogP contribution in [-0.4, -0.2) is 76.9 Å². The van der Waals surface area contributed by atoms with Crippen molar-refractivity contribution in [2.45, 2.75) is 90.9 Å². The van der Waals surface area contributed by atoms with Crippen LogP contribution in [0.4, 0.5) is 13.6 Å². The fourth-order valence-corrected chi connectivity index (χ4v) is 6.59. The number of ketones is 2. The topological polar surface area (TPSA) is 168 Å². The van der Waals surface area contributed by atoms with Crippen LogP contribution in [0.1, 0.15) is 71.2 Å². The third-order valence-electron chi connectivity index (χ3n) is 9.59. The second-order valence-electron chi connectivity index (χ2n) is 14.2. The standard InChI is InChI=1S/C32H43F2N5O6/c1-7-19(23(40)16-11-9-8-10-12-16)37-29(45)38-25(30(2,3)4)28(44)39-15-18-21(31(18,5)6)22(39)27(43)36-20(24(41)26(35)42)13-17-14-32(17,33)34/h8-12,17-22,25H,7,13-15H2,1-6H3,(H2,35,42)(H,36,43)(H2,37,38,45)/t17?,18-,19-,20?,21-,22-,25+/m0/s1. The van der Waals surface area contributed by atoms with Crippen molar-refractivity contribution in [3.05, 3.63) is 35.9 Å². The molecular formula is C32H43F2N5O6. The van der Waals surface area contributed by atoms with E-state index in [2.05, 4.69) is 16.0 Å². The molecule has 0 spiro atoms. The fourth-order valence-electron chi connectivity index (χ4n) is 6.59. The summed E-state index contributed by atoms with van der Waals surface area (Å²) < 4.78 is 27.4. The van der Waals surface area contributed by atoms with Crippen molar-refractivity contribution in [2.75, 3.05) is 6.54 Å². The molecule has 2 aliphatic carbocycles. The van der Waals surface area contributed by atoms with E-state index in [1.54, 1.807) is 58.0 Å². The van der Waals surface area contributed by atoms with Gasteiger partial charge >= 0.3 is 6.03 Å². The number of nitrogens with two attached hydrogens (primary N) is 1. The molecular weight excluding hydrogens is 588 g/mol. The molecule has 45 heavy (non-hydrogen) atoms. The van der Waals surface area contributed by atoms with Gasteiger partial charge in [-0.2, -0.15) is 0 Å². The first-order valence-corrected chi connectivity index (χ1v) is 15.3. The largest absolute Gasteiger partial charge is 0.363 e. The van der Waals surface area contributed by atoms with Crippen LogP contribution in [0.3, 0.4) is 0 Å². The van der Waals surface area contributed by atoms with E-state index in [0.29, 0.717) is 12.0 Å². The Hall–Kier alpha value is -3.90. The Morgan fingerprint density at radius 1 is 1.00 bits per heavy atom. The highest BCUT2D eigenvalue weighted by atomic mass is 19.3. The first-order chi connectivity index (χ1) is 20.8. The van der Waals surface area contributed by atoms with Gasteiger partial charge in [-0.3, -0.25) is 24.0 Å². The molecule has 11 nitrogen and oxygen atoms in total. The number of carbonyl (C=O) groups is 6. The predicted octanol–water partition coefficient (Wildman–Crippen LogP) is 2.43. The normalized spacial score (nSPS) is 26.0. The molecule has 1 aliphatic heterocycles. The number of nitrogens with zero attached hydrogens (tertiary/aromatic N) is 1. The molecule has 2 unspecified atom stereocenters. The number of alkyl halides is 2. The van der Waals surface area contributed by atoms with Gasteiger partial charge in [0.2, 0.25) is 17.6 Å². The van der Waals surface area contributed by atoms with Crippen molar-refractivity contribution in [3.63, 3.8) is 0 Å². The Kier molecular flexibility index (Phi) is 9.16. The van der Waals surface area contributed by atoms with Crippen LogP contribution in [0.5, 0.6) is 0 Å². The first kappa shape index (κ1) is 34.0. The predicted molar refractivity (Wildman–Crippen MR) is 160 cm³/mol. The minimum atomic E-state index is -2.99. The lowest BCUT2D eigenvalue weighted by Crippen LogP contribution is -2.62. The molecule has 0 radical (unpaired) electrons. The molecule has 1 aromatic carbocycles. The number of benzene rings is 1. The van der Waals surface area contributed by atoms with Crippen LogP contribution in [-0.2, 0) is 19.2 Å². The van der Waals surface area contributed by atoms with Gasteiger partial charge in [-0.1, -0.05) is 71.9 Å². The van der Waals surface area contributed by atoms with E-state index in [1.807, 2.05) is 13.8 Å².